The Bertz CT molecular complexity index is 507. The molecule has 1 aromatic heterocycles. The fourth-order valence-corrected chi connectivity index (χ4v) is 3.22. The van der Waals surface area contributed by atoms with Crippen LogP contribution in [0.1, 0.15) is 42.0 Å². The van der Waals surface area contributed by atoms with Gasteiger partial charge >= 0.3 is 0 Å². The molecular formula is C14H16INOS. The lowest BCUT2D eigenvalue weighted by Crippen LogP contribution is -2.01. The number of aliphatic hydroxyl groups is 1. The van der Waals surface area contributed by atoms with Crippen LogP contribution in [0.15, 0.2) is 30.5 Å². The summed E-state index contributed by atoms with van der Waals surface area (Å²) in [5, 5.41) is 10.9. The van der Waals surface area contributed by atoms with Gasteiger partial charge in [0.15, 0.2) is 0 Å². The lowest BCUT2D eigenvalue weighted by molar-refractivity contribution is 0.178. The first-order chi connectivity index (χ1) is 8.56. The van der Waals surface area contributed by atoms with E-state index in [2.05, 4.69) is 65.7 Å². The highest BCUT2D eigenvalue weighted by Gasteiger charge is 2.12. The summed E-state index contributed by atoms with van der Waals surface area (Å²) in [6.45, 7) is 4.36. The minimum absolute atomic E-state index is 0.497. The molecule has 2 rings (SSSR count). The molecule has 1 N–H and O–H groups in total. The highest BCUT2D eigenvalue weighted by molar-refractivity contribution is 14.1. The van der Waals surface area contributed by atoms with E-state index < -0.39 is 6.10 Å². The fraction of sp³-hybridized carbons (Fsp3) is 0.357. The molecule has 1 atom stereocenters. The van der Waals surface area contributed by atoms with Gasteiger partial charge in [0.05, 0.1) is 9.08 Å². The molecule has 0 radical (unpaired) electrons. The molecule has 0 saturated heterocycles. The predicted molar refractivity (Wildman–Crippen MR) is 84.0 cm³/mol. The fourth-order valence-electron chi connectivity index (χ4n) is 1.77. The van der Waals surface area contributed by atoms with Crippen LogP contribution in [0.4, 0.5) is 0 Å². The molecule has 0 spiro atoms. The summed E-state index contributed by atoms with van der Waals surface area (Å²) in [6, 6.07) is 8.46. The standard InChI is InChI=1S/C14H16INOS/c1-9(2)11-5-3-10(4-6-11)7-12(17)14-16-8-13(15)18-14/h3-6,8-9,12,17H,7H2,1-2H3. The maximum absolute atomic E-state index is 10.1. The molecule has 0 aliphatic rings. The van der Waals surface area contributed by atoms with Crippen molar-refractivity contribution in [2.75, 3.05) is 0 Å². The van der Waals surface area contributed by atoms with Crippen molar-refractivity contribution in [3.8, 4) is 0 Å². The molecule has 0 aliphatic heterocycles. The molecule has 4 heteroatoms. The summed E-state index contributed by atoms with van der Waals surface area (Å²) < 4.78 is 1.11. The Morgan fingerprint density at radius 1 is 1.28 bits per heavy atom. The Morgan fingerprint density at radius 3 is 2.44 bits per heavy atom. The normalized spacial score (nSPS) is 12.9. The van der Waals surface area contributed by atoms with Crippen molar-refractivity contribution < 1.29 is 5.11 Å². The van der Waals surface area contributed by atoms with E-state index in [0.29, 0.717) is 12.3 Å². The van der Waals surface area contributed by atoms with E-state index in [1.165, 1.54) is 5.56 Å². The minimum Gasteiger partial charge on any atom is -0.386 e. The van der Waals surface area contributed by atoms with Gasteiger partial charge in [-0.15, -0.1) is 11.3 Å². The van der Waals surface area contributed by atoms with Crippen LogP contribution in [0.5, 0.6) is 0 Å². The van der Waals surface area contributed by atoms with Crippen molar-refractivity contribution in [1.82, 2.24) is 4.98 Å². The van der Waals surface area contributed by atoms with Gasteiger partial charge in [-0.3, -0.25) is 0 Å². The molecule has 1 unspecified atom stereocenters. The van der Waals surface area contributed by atoms with E-state index in [0.717, 1.165) is 13.5 Å². The van der Waals surface area contributed by atoms with Crippen LogP contribution in [0.2, 0.25) is 0 Å². The molecule has 0 saturated carbocycles. The minimum atomic E-state index is -0.497. The number of benzene rings is 1. The van der Waals surface area contributed by atoms with Crippen LogP contribution < -0.4 is 0 Å². The second-order valence-electron chi connectivity index (χ2n) is 4.62. The Labute approximate surface area is 125 Å². The molecule has 2 aromatic rings. The molecule has 96 valence electrons. The Hall–Kier alpha value is -0.460. The highest BCUT2D eigenvalue weighted by atomic mass is 127. The van der Waals surface area contributed by atoms with E-state index in [4.69, 9.17) is 0 Å². The lowest BCUT2D eigenvalue weighted by atomic mass is 10.00. The number of aromatic nitrogens is 1. The van der Waals surface area contributed by atoms with Gasteiger partial charge in [-0.25, -0.2) is 4.98 Å². The zero-order valence-corrected chi connectivity index (χ0v) is 13.4. The predicted octanol–water partition coefficient (Wildman–Crippen LogP) is 4.15. The van der Waals surface area contributed by atoms with Crippen molar-refractivity contribution in [3.63, 3.8) is 0 Å². The van der Waals surface area contributed by atoms with Crippen LogP contribution in [0.3, 0.4) is 0 Å². The molecule has 1 heterocycles. The number of halogens is 1. The SMILES string of the molecule is CC(C)c1ccc(CC(O)c2ncc(I)s2)cc1. The zero-order valence-electron chi connectivity index (χ0n) is 10.4. The molecule has 18 heavy (non-hydrogen) atoms. The summed E-state index contributed by atoms with van der Waals surface area (Å²) in [7, 11) is 0. The van der Waals surface area contributed by atoms with Gasteiger partial charge in [0, 0.05) is 6.42 Å². The largest absolute Gasteiger partial charge is 0.386 e. The van der Waals surface area contributed by atoms with Crippen molar-refractivity contribution in [3.05, 3.63) is 49.5 Å². The van der Waals surface area contributed by atoms with Gasteiger partial charge in [0.2, 0.25) is 0 Å². The smallest absolute Gasteiger partial charge is 0.123 e. The summed E-state index contributed by atoms with van der Waals surface area (Å²) in [5.74, 6) is 0.546. The first-order valence-electron chi connectivity index (χ1n) is 5.94. The van der Waals surface area contributed by atoms with E-state index >= 15 is 0 Å². The van der Waals surface area contributed by atoms with Crippen molar-refractivity contribution in [1.29, 1.82) is 0 Å². The van der Waals surface area contributed by atoms with Crippen molar-refractivity contribution >= 4 is 33.9 Å². The van der Waals surface area contributed by atoms with Crippen LogP contribution in [-0.2, 0) is 6.42 Å². The van der Waals surface area contributed by atoms with Gasteiger partial charge in [-0.1, -0.05) is 38.1 Å². The number of nitrogens with zero attached hydrogens (tertiary/aromatic N) is 1. The van der Waals surface area contributed by atoms with Crippen LogP contribution in [0, 0.1) is 2.88 Å². The Kier molecular flexibility index (Phi) is 4.75. The molecule has 1 aromatic carbocycles. The monoisotopic (exact) mass is 373 g/mol. The van der Waals surface area contributed by atoms with Gasteiger partial charge < -0.3 is 5.11 Å². The van der Waals surface area contributed by atoms with E-state index in [1.54, 1.807) is 17.5 Å². The Balaban J connectivity index is 2.05. The average Bonchev–Trinajstić information content (AvgIpc) is 2.76. The third-order valence-electron chi connectivity index (χ3n) is 2.86. The maximum Gasteiger partial charge on any atom is 0.123 e. The first-order valence-corrected chi connectivity index (χ1v) is 7.84. The summed E-state index contributed by atoms with van der Waals surface area (Å²) >= 11 is 3.77. The zero-order chi connectivity index (χ0) is 13.1. The summed E-state index contributed by atoms with van der Waals surface area (Å²) in [4.78, 5) is 4.22. The summed E-state index contributed by atoms with van der Waals surface area (Å²) in [6.07, 6.45) is 1.93. The first kappa shape index (κ1) is 14.0. The van der Waals surface area contributed by atoms with Crippen LogP contribution in [0.25, 0.3) is 0 Å². The second-order valence-corrected chi connectivity index (χ2v) is 7.58. The molecule has 2 nitrogen and oxygen atoms in total. The van der Waals surface area contributed by atoms with Gasteiger partial charge in [-0.05, 0) is 39.6 Å². The lowest BCUT2D eigenvalue weighted by Gasteiger charge is -2.09. The average molecular weight is 373 g/mol. The van der Waals surface area contributed by atoms with E-state index in [-0.39, 0.29) is 0 Å². The third kappa shape index (κ3) is 3.52. The molecule has 0 aliphatic carbocycles. The quantitative estimate of drug-likeness (QED) is 0.817. The maximum atomic E-state index is 10.1. The third-order valence-corrected chi connectivity index (χ3v) is 4.68. The van der Waals surface area contributed by atoms with Crippen LogP contribution >= 0.6 is 33.9 Å². The number of hydrogen-bond donors (Lipinski definition) is 1. The molecule has 0 bridgehead atoms. The van der Waals surface area contributed by atoms with Gasteiger partial charge in [0.25, 0.3) is 0 Å². The number of hydrogen-bond acceptors (Lipinski definition) is 3. The molecule has 0 amide bonds. The van der Waals surface area contributed by atoms with Gasteiger partial charge in [-0.2, -0.15) is 0 Å². The van der Waals surface area contributed by atoms with Gasteiger partial charge in [0.1, 0.15) is 11.1 Å². The highest BCUT2D eigenvalue weighted by Crippen LogP contribution is 2.25. The van der Waals surface area contributed by atoms with Crippen LogP contribution in [-0.4, -0.2) is 10.1 Å². The van der Waals surface area contributed by atoms with E-state index in [9.17, 15) is 5.11 Å². The van der Waals surface area contributed by atoms with Crippen molar-refractivity contribution in [2.24, 2.45) is 0 Å². The van der Waals surface area contributed by atoms with E-state index in [1.807, 2.05) is 0 Å². The second kappa shape index (κ2) is 6.12. The number of thiazole rings is 1. The molecule has 0 fully saturated rings. The summed E-state index contributed by atoms with van der Waals surface area (Å²) in [5.41, 5.74) is 2.48. The molecular weight excluding hydrogens is 357 g/mol. The topological polar surface area (TPSA) is 33.1 Å². The number of aliphatic hydroxyl groups excluding tert-OH is 1. The Morgan fingerprint density at radius 2 is 1.94 bits per heavy atom. The van der Waals surface area contributed by atoms with Crippen molar-refractivity contribution in [2.45, 2.75) is 32.3 Å². The number of rotatable bonds is 4.